The predicted octanol–water partition coefficient (Wildman–Crippen LogP) is 5.53. The number of imidazole rings is 1. The van der Waals surface area contributed by atoms with E-state index in [1.807, 2.05) is 0 Å². The molecule has 0 aliphatic carbocycles. The number of aromatic nitrogens is 2. The van der Waals surface area contributed by atoms with Crippen molar-refractivity contribution in [3.8, 4) is 0 Å². The minimum Gasteiger partial charge on any atom is -0.234 e. The van der Waals surface area contributed by atoms with E-state index in [-0.39, 0.29) is 0 Å². The molecular weight excluding hydrogens is 292 g/mol. The van der Waals surface area contributed by atoms with Crippen LogP contribution in [-0.2, 0) is 19.5 Å². The molecule has 0 saturated heterocycles. The Morgan fingerprint density at radius 2 is 1.50 bits per heavy atom. The summed E-state index contributed by atoms with van der Waals surface area (Å²) in [7, 11) is 0. The van der Waals surface area contributed by atoms with Gasteiger partial charge < -0.3 is 0 Å². The molecule has 0 amide bonds. The Bertz CT molecular complexity index is 557. The number of rotatable bonds is 12. The average molecular weight is 328 g/mol. The van der Waals surface area contributed by atoms with Crippen molar-refractivity contribution < 1.29 is 4.57 Å². The summed E-state index contributed by atoms with van der Waals surface area (Å²) in [6.45, 7) is 6.72. The maximum Gasteiger partial charge on any atom is 0.260 e. The van der Waals surface area contributed by atoms with Gasteiger partial charge >= 0.3 is 0 Å². The van der Waals surface area contributed by atoms with E-state index in [2.05, 4.69) is 65.7 Å². The van der Waals surface area contributed by atoms with Crippen LogP contribution >= 0.6 is 0 Å². The molecule has 0 spiro atoms. The molecule has 2 aromatic rings. The maximum absolute atomic E-state index is 2.47. The van der Waals surface area contributed by atoms with Gasteiger partial charge in [0.15, 0.2) is 0 Å². The van der Waals surface area contributed by atoms with Gasteiger partial charge in [-0.15, -0.1) is 0 Å². The number of nitrogens with zero attached hydrogens (tertiary/aromatic N) is 2. The highest BCUT2D eigenvalue weighted by Gasteiger charge is 2.16. The van der Waals surface area contributed by atoms with E-state index in [9.17, 15) is 0 Å². The average Bonchev–Trinajstić information content (AvgIpc) is 3.00. The Labute approximate surface area is 148 Å². The number of unbranched alkanes of at least 4 members (excludes halogenated alkanes) is 7. The van der Waals surface area contributed by atoms with Crippen molar-refractivity contribution in [1.29, 1.82) is 0 Å². The lowest BCUT2D eigenvalue weighted by Gasteiger charge is -2.05. The third-order valence-electron chi connectivity index (χ3n) is 4.89. The zero-order valence-electron chi connectivity index (χ0n) is 15.7. The summed E-state index contributed by atoms with van der Waals surface area (Å²) in [5, 5.41) is 0. The lowest BCUT2D eigenvalue weighted by Crippen LogP contribution is -2.37. The van der Waals surface area contributed by atoms with Crippen molar-refractivity contribution in [2.24, 2.45) is 0 Å². The quantitative estimate of drug-likeness (QED) is 0.358. The first-order valence-corrected chi connectivity index (χ1v) is 9.96. The molecule has 0 radical (unpaired) electrons. The fourth-order valence-electron chi connectivity index (χ4n) is 3.39. The van der Waals surface area contributed by atoms with Gasteiger partial charge in [0.2, 0.25) is 0 Å². The van der Waals surface area contributed by atoms with Gasteiger partial charge in [0.05, 0.1) is 19.5 Å². The summed E-state index contributed by atoms with van der Waals surface area (Å²) < 4.78 is 4.85. The van der Waals surface area contributed by atoms with Crippen LogP contribution in [0.3, 0.4) is 0 Å². The first-order valence-electron chi connectivity index (χ1n) is 9.96. The SMILES string of the molecule is CCCCCCCCCC[n+]1ccn(CC)c1Cc1ccccc1. The highest BCUT2D eigenvalue weighted by atomic mass is 15.1. The van der Waals surface area contributed by atoms with Crippen LogP contribution in [0.2, 0.25) is 0 Å². The zero-order valence-corrected chi connectivity index (χ0v) is 15.7. The highest BCUT2D eigenvalue weighted by Crippen LogP contribution is 2.10. The molecule has 0 fully saturated rings. The molecule has 1 aromatic carbocycles. The standard InChI is InChI=1S/C22H35N2/c1-3-5-6-7-8-9-10-14-17-24-19-18-23(4-2)22(24)20-21-15-12-11-13-16-21/h11-13,15-16,18-19H,3-10,14,17,20H2,1-2H3/q+1. The zero-order chi connectivity index (χ0) is 17.0. The second kappa shape index (κ2) is 11.1. The van der Waals surface area contributed by atoms with Crippen LogP contribution in [0, 0.1) is 0 Å². The van der Waals surface area contributed by atoms with Crippen LogP contribution in [-0.4, -0.2) is 4.57 Å². The van der Waals surface area contributed by atoms with Crippen molar-refractivity contribution in [2.45, 2.75) is 84.7 Å². The van der Waals surface area contributed by atoms with Crippen molar-refractivity contribution in [3.63, 3.8) is 0 Å². The second-order valence-electron chi connectivity index (χ2n) is 6.83. The topological polar surface area (TPSA) is 8.81 Å². The van der Waals surface area contributed by atoms with Crippen molar-refractivity contribution in [2.75, 3.05) is 0 Å². The molecule has 1 aromatic heterocycles. The second-order valence-corrected chi connectivity index (χ2v) is 6.83. The summed E-state index contributed by atoms with van der Waals surface area (Å²) in [5.41, 5.74) is 1.40. The minimum atomic E-state index is 1.03. The fraction of sp³-hybridized carbons (Fsp3) is 0.591. The molecule has 0 bridgehead atoms. The van der Waals surface area contributed by atoms with Crippen LogP contribution in [0.4, 0.5) is 0 Å². The van der Waals surface area contributed by atoms with Gasteiger partial charge in [0.1, 0.15) is 12.4 Å². The van der Waals surface area contributed by atoms with E-state index >= 15 is 0 Å². The van der Waals surface area contributed by atoms with Crippen LogP contribution in [0.1, 0.15) is 76.6 Å². The normalized spacial score (nSPS) is 11.1. The van der Waals surface area contributed by atoms with Gasteiger partial charge in [-0.25, -0.2) is 9.13 Å². The van der Waals surface area contributed by atoms with Gasteiger partial charge in [-0.05, 0) is 25.3 Å². The van der Waals surface area contributed by atoms with Crippen LogP contribution in [0.5, 0.6) is 0 Å². The van der Waals surface area contributed by atoms with Crippen molar-refractivity contribution >= 4 is 0 Å². The van der Waals surface area contributed by atoms with E-state index < -0.39 is 0 Å². The molecule has 24 heavy (non-hydrogen) atoms. The Hall–Kier alpha value is -1.57. The largest absolute Gasteiger partial charge is 0.260 e. The molecular formula is C22H35N2+. The Kier molecular flexibility index (Phi) is 8.65. The van der Waals surface area contributed by atoms with Gasteiger partial charge in [0, 0.05) is 0 Å². The molecule has 0 aliphatic heterocycles. The molecule has 0 atom stereocenters. The van der Waals surface area contributed by atoms with E-state index in [0.29, 0.717) is 0 Å². The number of aryl methyl sites for hydroxylation is 2. The van der Waals surface area contributed by atoms with E-state index in [4.69, 9.17) is 0 Å². The number of hydrogen-bond donors (Lipinski definition) is 0. The van der Waals surface area contributed by atoms with E-state index in [1.54, 1.807) is 0 Å². The third-order valence-corrected chi connectivity index (χ3v) is 4.89. The molecule has 2 nitrogen and oxygen atoms in total. The van der Waals surface area contributed by atoms with Gasteiger partial charge in [0.25, 0.3) is 5.82 Å². The lowest BCUT2D eigenvalue weighted by atomic mass is 10.1. The summed E-state index contributed by atoms with van der Waals surface area (Å²) in [6, 6.07) is 10.8. The predicted molar refractivity (Wildman–Crippen MR) is 102 cm³/mol. The summed E-state index contributed by atoms with van der Waals surface area (Å²) in [5.74, 6) is 1.44. The molecule has 132 valence electrons. The maximum atomic E-state index is 2.47. The Morgan fingerprint density at radius 3 is 2.17 bits per heavy atom. The number of benzene rings is 1. The lowest BCUT2D eigenvalue weighted by molar-refractivity contribution is -0.703. The fourth-order valence-corrected chi connectivity index (χ4v) is 3.39. The number of hydrogen-bond acceptors (Lipinski definition) is 0. The molecule has 1 heterocycles. The Morgan fingerprint density at radius 1 is 0.833 bits per heavy atom. The molecule has 2 heteroatoms. The molecule has 0 unspecified atom stereocenters. The van der Waals surface area contributed by atoms with Crippen molar-refractivity contribution in [3.05, 3.63) is 54.1 Å². The van der Waals surface area contributed by atoms with Gasteiger partial charge in [-0.3, -0.25) is 0 Å². The minimum absolute atomic E-state index is 1.03. The van der Waals surface area contributed by atoms with Crippen LogP contribution < -0.4 is 4.57 Å². The summed E-state index contributed by atoms with van der Waals surface area (Å²) >= 11 is 0. The monoisotopic (exact) mass is 327 g/mol. The molecule has 0 N–H and O–H groups in total. The van der Waals surface area contributed by atoms with Gasteiger partial charge in [-0.1, -0.05) is 75.8 Å². The third kappa shape index (κ3) is 6.14. The highest BCUT2D eigenvalue weighted by molar-refractivity contribution is 5.18. The molecule has 2 rings (SSSR count). The Balaban J connectivity index is 1.79. The summed E-state index contributed by atoms with van der Waals surface area (Å²) in [4.78, 5) is 0. The van der Waals surface area contributed by atoms with E-state index in [0.717, 1.165) is 19.5 Å². The van der Waals surface area contributed by atoms with Crippen molar-refractivity contribution in [1.82, 2.24) is 4.57 Å². The van der Waals surface area contributed by atoms with Gasteiger partial charge in [-0.2, -0.15) is 0 Å². The van der Waals surface area contributed by atoms with E-state index in [1.165, 1.54) is 62.8 Å². The smallest absolute Gasteiger partial charge is 0.234 e. The summed E-state index contributed by atoms with van der Waals surface area (Å²) in [6.07, 6.45) is 16.6. The van der Waals surface area contributed by atoms with Crippen LogP contribution in [0.15, 0.2) is 42.7 Å². The molecule has 0 saturated carbocycles. The first-order chi connectivity index (χ1) is 11.8. The van der Waals surface area contributed by atoms with Crippen LogP contribution in [0.25, 0.3) is 0 Å². The first kappa shape index (κ1) is 18.8. The molecule has 0 aliphatic rings.